The minimum absolute atomic E-state index is 0.0128. The molecule has 0 unspecified atom stereocenters. The molecule has 0 radical (unpaired) electrons. The molecule has 2 N–H and O–H groups in total. The van der Waals surface area contributed by atoms with Gasteiger partial charge in [-0.3, -0.25) is 0 Å². The first-order valence-electron chi connectivity index (χ1n) is 8.86. The number of para-hydroxylation sites is 1. The summed E-state index contributed by atoms with van der Waals surface area (Å²) < 4.78 is 2.31. The number of rotatable bonds is 5. The Hall–Kier alpha value is -2.36. The number of anilines is 1. The molecule has 0 amide bonds. The van der Waals surface area contributed by atoms with E-state index in [-0.39, 0.29) is 11.0 Å². The van der Waals surface area contributed by atoms with Gasteiger partial charge in [0.25, 0.3) is 0 Å². The Kier molecular flexibility index (Phi) is 4.31. The van der Waals surface area contributed by atoms with Crippen LogP contribution in [0.3, 0.4) is 0 Å². The number of aromatic nitrogens is 3. The lowest BCUT2D eigenvalue weighted by Gasteiger charge is -2.33. The second-order valence-corrected chi connectivity index (χ2v) is 8.23. The molecule has 0 aliphatic heterocycles. The van der Waals surface area contributed by atoms with E-state index in [2.05, 4.69) is 73.4 Å². The van der Waals surface area contributed by atoms with Crippen molar-refractivity contribution in [2.75, 3.05) is 5.73 Å². The molecule has 4 heteroatoms. The number of nitrogen functional groups attached to an aromatic ring is 1. The average molecular weight is 336 g/mol. The normalized spacial score (nSPS) is 12.7. The van der Waals surface area contributed by atoms with Crippen LogP contribution in [0.4, 0.5) is 5.82 Å². The van der Waals surface area contributed by atoms with Gasteiger partial charge in [0.2, 0.25) is 0 Å². The Labute approximate surface area is 150 Å². The predicted molar refractivity (Wildman–Crippen MR) is 105 cm³/mol. The van der Waals surface area contributed by atoms with Crippen molar-refractivity contribution in [2.45, 2.75) is 58.4 Å². The summed E-state index contributed by atoms with van der Waals surface area (Å²) in [4.78, 5) is 8.89. The molecule has 0 fully saturated rings. The summed E-state index contributed by atoms with van der Waals surface area (Å²) in [5.74, 6) is 0.570. The maximum absolute atomic E-state index is 5.72. The largest absolute Gasteiger partial charge is 0.384 e. The fraction of sp³-hybridized carbons (Fsp3) is 0.429. The van der Waals surface area contributed by atoms with E-state index in [1.54, 1.807) is 0 Å². The standard InChI is InChI=1S/C21H28N4/c1-15-7-6-8-17-19(15)24-14-25(17)21(4,5)12-11-20(2,3)16-9-10-18(22)23-13-16/h6-10,13-14H,11-12H2,1-5H3,(H2,22,23). The van der Waals surface area contributed by atoms with Crippen molar-refractivity contribution in [2.24, 2.45) is 0 Å². The molecule has 0 bridgehead atoms. The topological polar surface area (TPSA) is 56.7 Å². The zero-order valence-electron chi connectivity index (χ0n) is 15.9. The molecule has 4 nitrogen and oxygen atoms in total. The Morgan fingerprint density at radius 3 is 2.44 bits per heavy atom. The van der Waals surface area contributed by atoms with E-state index in [0.717, 1.165) is 18.4 Å². The van der Waals surface area contributed by atoms with Gasteiger partial charge in [-0.1, -0.05) is 32.0 Å². The van der Waals surface area contributed by atoms with Crippen molar-refractivity contribution < 1.29 is 0 Å². The quantitative estimate of drug-likeness (QED) is 0.727. The van der Waals surface area contributed by atoms with Gasteiger partial charge in [-0.15, -0.1) is 0 Å². The van der Waals surface area contributed by atoms with E-state index in [1.165, 1.54) is 16.6 Å². The maximum atomic E-state index is 5.72. The van der Waals surface area contributed by atoms with Crippen molar-refractivity contribution in [3.05, 3.63) is 54.0 Å². The number of benzene rings is 1. The summed E-state index contributed by atoms with van der Waals surface area (Å²) in [5.41, 5.74) is 10.5. The van der Waals surface area contributed by atoms with E-state index in [4.69, 9.17) is 5.73 Å². The molecule has 0 aliphatic rings. The molecule has 1 aromatic carbocycles. The van der Waals surface area contributed by atoms with Crippen LogP contribution < -0.4 is 5.73 Å². The molecule has 0 aliphatic carbocycles. The van der Waals surface area contributed by atoms with Crippen LogP contribution in [0.2, 0.25) is 0 Å². The van der Waals surface area contributed by atoms with Gasteiger partial charge in [0.15, 0.2) is 0 Å². The smallest absolute Gasteiger partial charge is 0.123 e. The van der Waals surface area contributed by atoms with Crippen LogP contribution in [-0.2, 0) is 11.0 Å². The summed E-state index contributed by atoms with van der Waals surface area (Å²) in [5, 5.41) is 0. The summed E-state index contributed by atoms with van der Waals surface area (Å²) in [6.07, 6.45) is 5.98. The number of nitrogens with zero attached hydrogens (tertiary/aromatic N) is 3. The van der Waals surface area contributed by atoms with Gasteiger partial charge in [0, 0.05) is 11.7 Å². The molecule has 2 aromatic heterocycles. The molecule has 3 aromatic rings. The highest BCUT2D eigenvalue weighted by molar-refractivity contribution is 5.79. The fourth-order valence-corrected chi connectivity index (χ4v) is 3.35. The molecule has 0 saturated carbocycles. The van der Waals surface area contributed by atoms with Crippen molar-refractivity contribution in [3.8, 4) is 0 Å². The number of imidazole rings is 1. The SMILES string of the molecule is Cc1cccc2c1ncn2C(C)(C)CCC(C)(C)c1ccc(N)nc1. The first kappa shape index (κ1) is 17.5. The minimum Gasteiger partial charge on any atom is -0.384 e. The van der Waals surface area contributed by atoms with Gasteiger partial charge >= 0.3 is 0 Å². The van der Waals surface area contributed by atoms with E-state index in [0.29, 0.717) is 5.82 Å². The second kappa shape index (κ2) is 6.17. The Morgan fingerprint density at radius 2 is 1.76 bits per heavy atom. The number of hydrogen-bond acceptors (Lipinski definition) is 3. The van der Waals surface area contributed by atoms with E-state index in [1.807, 2.05) is 18.6 Å². The Balaban J connectivity index is 1.83. The third-order valence-corrected chi connectivity index (χ3v) is 5.36. The summed E-state index contributed by atoms with van der Waals surface area (Å²) in [7, 11) is 0. The molecule has 132 valence electrons. The molecule has 0 atom stereocenters. The molecule has 0 spiro atoms. The van der Waals surface area contributed by atoms with Gasteiger partial charge < -0.3 is 10.3 Å². The van der Waals surface area contributed by atoms with Crippen LogP contribution in [0.1, 0.15) is 51.7 Å². The van der Waals surface area contributed by atoms with Crippen LogP contribution in [0.15, 0.2) is 42.9 Å². The number of aryl methyl sites for hydroxylation is 1. The summed E-state index contributed by atoms with van der Waals surface area (Å²) in [6.45, 7) is 11.2. The lowest BCUT2D eigenvalue weighted by Crippen LogP contribution is -2.29. The van der Waals surface area contributed by atoms with E-state index in [9.17, 15) is 0 Å². The van der Waals surface area contributed by atoms with E-state index >= 15 is 0 Å². The lowest BCUT2D eigenvalue weighted by molar-refractivity contribution is 0.290. The fourth-order valence-electron chi connectivity index (χ4n) is 3.35. The van der Waals surface area contributed by atoms with Gasteiger partial charge in [0.05, 0.1) is 17.4 Å². The zero-order valence-corrected chi connectivity index (χ0v) is 15.9. The number of nitrogens with two attached hydrogens (primary N) is 1. The highest BCUT2D eigenvalue weighted by Gasteiger charge is 2.28. The van der Waals surface area contributed by atoms with Crippen molar-refractivity contribution >= 4 is 16.9 Å². The average Bonchev–Trinajstić information content (AvgIpc) is 3.00. The Morgan fingerprint density at radius 1 is 1.00 bits per heavy atom. The third-order valence-electron chi connectivity index (χ3n) is 5.36. The molecule has 25 heavy (non-hydrogen) atoms. The first-order valence-corrected chi connectivity index (χ1v) is 8.86. The van der Waals surface area contributed by atoms with Crippen molar-refractivity contribution in [1.82, 2.24) is 14.5 Å². The van der Waals surface area contributed by atoms with Gasteiger partial charge in [0.1, 0.15) is 5.82 Å². The highest BCUT2D eigenvalue weighted by atomic mass is 15.1. The molecule has 2 heterocycles. The monoisotopic (exact) mass is 336 g/mol. The molecule has 3 rings (SSSR count). The van der Waals surface area contributed by atoms with Gasteiger partial charge in [-0.05, 0) is 62.3 Å². The van der Waals surface area contributed by atoms with Crippen molar-refractivity contribution in [3.63, 3.8) is 0 Å². The predicted octanol–water partition coefficient (Wildman–Crippen LogP) is 4.82. The van der Waals surface area contributed by atoms with Gasteiger partial charge in [-0.2, -0.15) is 0 Å². The minimum atomic E-state index is -0.0128. The molecular formula is C21H28N4. The highest BCUT2D eigenvalue weighted by Crippen LogP contribution is 2.34. The van der Waals surface area contributed by atoms with Crippen LogP contribution >= 0.6 is 0 Å². The maximum Gasteiger partial charge on any atom is 0.123 e. The van der Waals surface area contributed by atoms with Crippen LogP contribution in [0.5, 0.6) is 0 Å². The molecule has 0 saturated heterocycles. The third kappa shape index (κ3) is 3.39. The van der Waals surface area contributed by atoms with E-state index < -0.39 is 0 Å². The number of pyridine rings is 1. The summed E-state index contributed by atoms with van der Waals surface area (Å²) in [6, 6.07) is 10.4. The number of fused-ring (bicyclic) bond motifs is 1. The summed E-state index contributed by atoms with van der Waals surface area (Å²) >= 11 is 0. The first-order chi connectivity index (χ1) is 11.7. The zero-order chi connectivity index (χ0) is 18.2. The van der Waals surface area contributed by atoms with Crippen LogP contribution in [0.25, 0.3) is 11.0 Å². The molecular weight excluding hydrogens is 308 g/mol. The Bertz CT molecular complexity index is 873. The van der Waals surface area contributed by atoms with Crippen LogP contribution in [0, 0.1) is 6.92 Å². The van der Waals surface area contributed by atoms with Crippen molar-refractivity contribution in [1.29, 1.82) is 0 Å². The second-order valence-electron chi connectivity index (χ2n) is 8.23. The van der Waals surface area contributed by atoms with Crippen LogP contribution in [-0.4, -0.2) is 14.5 Å². The lowest BCUT2D eigenvalue weighted by atomic mass is 9.78. The van der Waals surface area contributed by atoms with Gasteiger partial charge in [-0.25, -0.2) is 9.97 Å². The number of hydrogen-bond donors (Lipinski definition) is 1.